The number of ketones is 1. The Morgan fingerprint density at radius 1 is 1.50 bits per heavy atom. The van der Waals surface area contributed by atoms with Crippen LogP contribution in [0, 0.1) is 0 Å². The van der Waals surface area contributed by atoms with Crippen molar-refractivity contribution in [1.29, 1.82) is 0 Å². The molecule has 5 heteroatoms. The lowest BCUT2D eigenvalue weighted by molar-refractivity contribution is 0.0982. The largest absolute Gasteiger partial charge is 0.338 e. The summed E-state index contributed by atoms with van der Waals surface area (Å²) in [7, 11) is 1.92. The van der Waals surface area contributed by atoms with Crippen LogP contribution in [0.15, 0.2) is 35.1 Å². The van der Waals surface area contributed by atoms with Crippen molar-refractivity contribution in [2.45, 2.75) is 12.8 Å². The molecule has 0 atom stereocenters. The molecular formula is C13H12BrClN2O. The Kier molecular flexibility index (Phi) is 4.19. The number of imidazole rings is 1. The average molecular weight is 328 g/mol. The zero-order valence-corrected chi connectivity index (χ0v) is 12.2. The van der Waals surface area contributed by atoms with Crippen molar-refractivity contribution in [1.82, 2.24) is 9.55 Å². The number of rotatable bonds is 4. The van der Waals surface area contributed by atoms with Crippen LogP contribution in [0.4, 0.5) is 0 Å². The molecule has 0 aliphatic heterocycles. The number of carbonyl (C=O) groups excluding carboxylic acids is 1. The zero-order chi connectivity index (χ0) is 13.1. The molecule has 0 fully saturated rings. The van der Waals surface area contributed by atoms with Gasteiger partial charge in [-0.2, -0.15) is 0 Å². The third kappa shape index (κ3) is 3.00. The van der Waals surface area contributed by atoms with Crippen molar-refractivity contribution < 1.29 is 4.79 Å². The third-order valence-corrected chi connectivity index (χ3v) is 3.55. The van der Waals surface area contributed by atoms with E-state index in [1.54, 1.807) is 18.3 Å². The van der Waals surface area contributed by atoms with E-state index in [0.717, 1.165) is 10.3 Å². The predicted molar refractivity (Wildman–Crippen MR) is 75.0 cm³/mol. The lowest BCUT2D eigenvalue weighted by Gasteiger charge is -2.04. The van der Waals surface area contributed by atoms with Gasteiger partial charge in [-0.05, 0) is 18.2 Å². The van der Waals surface area contributed by atoms with Crippen molar-refractivity contribution in [3.63, 3.8) is 0 Å². The molecule has 1 heterocycles. The van der Waals surface area contributed by atoms with Gasteiger partial charge in [-0.1, -0.05) is 27.5 Å². The number of carbonyl (C=O) groups is 1. The molecule has 0 aliphatic carbocycles. The maximum atomic E-state index is 12.1. The van der Waals surface area contributed by atoms with E-state index in [0.29, 0.717) is 23.4 Å². The molecule has 0 N–H and O–H groups in total. The molecule has 0 spiro atoms. The Labute approximate surface area is 119 Å². The molecule has 0 amide bonds. The summed E-state index contributed by atoms with van der Waals surface area (Å²) < 4.78 is 2.77. The van der Waals surface area contributed by atoms with Gasteiger partial charge < -0.3 is 4.57 Å². The molecule has 2 aromatic rings. The Balaban J connectivity index is 2.08. The van der Waals surface area contributed by atoms with Gasteiger partial charge in [0.2, 0.25) is 0 Å². The van der Waals surface area contributed by atoms with E-state index in [1.807, 2.05) is 23.9 Å². The average Bonchev–Trinajstić information content (AvgIpc) is 2.75. The first-order valence-electron chi connectivity index (χ1n) is 5.52. The number of aromatic nitrogens is 2. The van der Waals surface area contributed by atoms with E-state index in [4.69, 9.17) is 11.6 Å². The highest BCUT2D eigenvalue weighted by atomic mass is 79.9. The minimum Gasteiger partial charge on any atom is -0.338 e. The smallest absolute Gasteiger partial charge is 0.164 e. The lowest BCUT2D eigenvalue weighted by atomic mass is 10.1. The summed E-state index contributed by atoms with van der Waals surface area (Å²) in [5, 5.41) is 0.489. The quantitative estimate of drug-likeness (QED) is 0.803. The predicted octanol–water partition coefficient (Wildman–Crippen LogP) is 3.65. The highest BCUT2D eigenvalue weighted by Crippen LogP contribution is 2.22. The Morgan fingerprint density at radius 2 is 2.28 bits per heavy atom. The first-order valence-corrected chi connectivity index (χ1v) is 6.69. The summed E-state index contributed by atoms with van der Waals surface area (Å²) >= 11 is 9.36. The summed E-state index contributed by atoms with van der Waals surface area (Å²) in [5.41, 5.74) is 0.556. The number of nitrogens with zero attached hydrogens (tertiary/aromatic N) is 2. The molecule has 0 saturated carbocycles. The van der Waals surface area contributed by atoms with Gasteiger partial charge in [0, 0.05) is 42.3 Å². The van der Waals surface area contributed by atoms with Crippen LogP contribution in [0.2, 0.25) is 5.02 Å². The molecule has 1 aromatic carbocycles. The first kappa shape index (κ1) is 13.3. The van der Waals surface area contributed by atoms with Gasteiger partial charge in [-0.15, -0.1) is 0 Å². The van der Waals surface area contributed by atoms with E-state index < -0.39 is 0 Å². The fraction of sp³-hybridized carbons (Fsp3) is 0.231. The molecule has 0 saturated heterocycles. The maximum absolute atomic E-state index is 12.1. The van der Waals surface area contributed by atoms with Crippen LogP contribution in [0.5, 0.6) is 0 Å². The topological polar surface area (TPSA) is 34.9 Å². The summed E-state index contributed by atoms with van der Waals surface area (Å²) in [4.78, 5) is 16.3. The van der Waals surface area contributed by atoms with Crippen molar-refractivity contribution in [3.8, 4) is 0 Å². The second-order valence-electron chi connectivity index (χ2n) is 4.00. The first-order chi connectivity index (χ1) is 8.58. The number of hydrogen-bond acceptors (Lipinski definition) is 2. The molecule has 0 radical (unpaired) electrons. The summed E-state index contributed by atoms with van der Waals surface area (Å²) in [6, 6.07) is 5.29. The van der Waals surface area contributed by atoms with Gasteiger partial charge in [0.15, 0.2) is 5.78 Å². The third-order valence-electron chi connectivity index (χ3n) is 2.73. The number of aryl methyl sites for hydroxylation is 2. The van der Waals surface area contributed by atoms with Crippen molar-refractivity contribution in [2.24, 2.45) is 7.05 Å². The van der Waals surface area contributed by atoms with Crippen molar-refractivity contribution >= 4 is 33.3 Å². The Bertz CT molecular complexity index is 580. The Morgan fingerprint density at radius 3 is 2.94 bits per heavy atom. The van der Waals surface area contributed by atoms with Gasteiger partial charge in [0.05, 0.1) is 5.02 Å². The molecule has 3 nitrogen and oxygen atoms in total. The summed E-state index contributed by atoms with van der Waals surface area (Å²) in [5.74, 6) is 0.929. The van der Waals surface area contributed by atoms with Crippen LogP contribution in [-0.2, 0) is 13.5 Å². The number of hydrogen-bond donors (Lipinski definition) is 0. The maximum Gasteiger partial charge on any atom is 0.164 e. The second kappa shape index (κ2) is 5.67. The number of halogens is 2. The zero-order valence-electron chi connectivity index (χ0n) is 9.86. The molecule has 1 aromatic heterocycles. The standard InChI is InChI=1S/C13H12BrClN2O/c1-17-7-6-16-13(17)5-4-12(18)10-8-9(14)2-3-11(10)15/h2-3,6-8H,4-5H2,1H3. The normalized spacial score (nSPS) is 10.6. The van der Waals surface area contributed by atoms with E-state index in [2.05, 4.69) is 20.9 Å². The van der Waals surface area contributed by atoms with Crippen molar-refractivity contribution in [2.75, 3.05) is 0 Å². The highest BCUT2D eigenvalue weighted by Gasteiger charge is 2.12. The monoisotopic (exact) mass is 326 g/mol. The number of Topliss-reactive ketones (excluding diaryl/α,β-unsaturated/α-hetero) is 1. The number of benzene rings is 1. The summed E-state index contributed by atoms with van der Waals surface area (Å²) in [6.45, 7) is 0. The van der Waals surface area contributed by atoms with E-state index in [1.165, 1.54) is 0 Å². The van der Waals surface area contributed by atoms with Gasteiger partial charge in [-0.3, -0.25) is 4.79 Å². The van der Waals surface area contributed by atoms with Gasteiger partial charge in [0.1, 0.15) is 5.82 Å². The van der Waals surface area contributed by atoms with Crippen LogP contribution in [0.3, 0.4) is 0 Å². The van der Waals surface area contributed by atoms with Crippen LogP contribution < -0.4 is 0 Å². The fourth-order valence-electron chi connectivity index (χ4n) is 1.71. The molecule has 0 aliphatic rings. The lowest BCUT2D eigenvalue weighted by Crippen LogP contribution is -2.05. The Hall–Kier alpha value is -1.13. The minimum atomic E-state index is 0.0318. The van der Waals surface area contributed by atoms with E-state index in [-0.39, 0.29) is 5.78 Å². The minimum absolute atomic E-state index is 0.0318. The molecule has 0 unspecified atom stereocenters. The van der Waals surface area contributed by atoms with Gasteiger partial charge in [-0.25, -0.2) is 4.98 Å². The van der Waals surface area contributed by atoms with E-state index in [9.17, 15) is 4.79 Å². The second-order valence-corrected chi connectivity index (χ2v) is 5.32. The SMILES string of the molecule is Cn1ccnc1CCC(=O)c1cc(Br)ccc1Cl. The molecule has 0 bridgehead atoms. The van der Waals surface area contributed by atoms with E-state index >= 15 is 0 Å². The fourth-order valence-corrected chi connectivity index (χ4v) is 2.29. The van der Waals surface area contributed by atoms with Crippen LogP contribution in [-0.4, -0.2) is 15.3 Å². The van der Waals surface area contributed by atoms with Crippen LogP contribution >= 0.6 is 27.5 Å². The molecule has 2 rings (SSSR count). The van der Waals surface area contributed by atoms with Crippen molar-refractivity contribution in [3.05, 3.63) is 51.5 Å². The van der Waals surface area contributed by atoms with Gasteiger partial charge >= 0.3 is 0 Å². The molecular weight excluding hydrogens is 316 g/mol. The highest BCUT2D eigenvalue weighted by molar-refractivity contribution is 9.10. The molecule has 18 heavy (non-hydrogen) atoms. The van der Waals surface area contributed by atoms with Gasteiger partial charge in [0.25, 0.3) is 0 Å². The van der Waals surface area contributed by atoms with Crippen LogP contribution in [0.25, 0.3) is 0 Å². The molecule has 94 valence electrons. The summed E-state index contributed by atoms with van der Waals surface area (Å²) in [6.07, 6.45) is 4.62. The van der Waals surface area contributed by atoms with Crippen LogP contribution in [0.1, 0.15) is 22.6 Å².